The van der Waals surface area contributed by atoms with E-state index in [1.807, 2.05) is 24.0 Å². The summed E-state index contributed by atoms with van der Waals surface area (Å²) < 4.78 is 0. The van der Waals surface area contributed by atoms with Crippen molar-refractivity contribution in [1.82, 2.24) is 4.90 Å². The third-order valence-electron chi connectivity index (χ3n) is 2.67. The van der Waals surface area contributed by atoms with Gasteiger partial charge in [0, 0.05) is 16.2 Å². The van der Waals surface area contributed by atoms with Gasteiger partial charge in [0.1, 0.15) is 0 Å². The first-order valence-electron chi connectivity index (χ1n) is 6.12. The van der Waals surface area contributed by atoms with Gasteiger partial charge in [-0.05, 0) is 29.3 Å². The fourth-order valence-corrected chi connectivity index (χ4v) is 3.22. The second-order valence-electron chi connectivity index (χ2n) is 4.16. The van der Waals surface area contributed by atoms with Gasteiger partial charge in [0.2, 0.25) is 5.91 Å². The molecule has 0 atom stereocenters. The van der Waals surface area contributed by atoms with Gasteiger partial charge in [-0.2, -0.15) is 0 Å². The van der Waals surface area contributed by atoms with Crippen molar-refractivity contribution in [2.75, 3.05) is 0 Å². The highest BCUT2D eigenvalue weighted by Gasteiger charge is 2.14. The molecule has 0 unspecified atom stereocenters. The Morgan fingerprint density at radius 1 is 1.11 bits per heavy atom. The molecule has 2 rings (SSSR count). The normalized spacial score (nSPS) is 10.5. The quantitative estimate of drug-likeness (QED) is 0.778. The molecule has 0 aromatic carbocycles. The van der Waals surface area contributed by atoms with Crippen molar-refractivity contribution in [3.63, 3.8) is 0 Å². The van der Waals surface area contributed by atoms with E-state index in [4.69, 9.17) is 0 Å². The summed E-state index contributed by atoms with van der Waals surface area (Å²) in [6, 6.07) is 8.25. The average Bonchev–Trinajstić information content (AvgIpc) is 3.01. The van der Waals surface area contributed by atoms with E-state index >= 15 is 0 Å². The molecule has 96 valence electrons. The van der Waals surface area contributed by atoms with E-state index in [-0.39, 0.29) is 5.91 Å². The van der Waals surface area contributed by atoms with Crippen molar-refractivity contribution >= 4 is 28.6 Å². The fourth-order valence-electron chi connectivity index (χ4n) is 1.79. The van der Waals surface area contributed by atoms with Crippen LogP contribution in [0.3, 0.4) is 0 Å². The molecular weight excluding hydrogens is 262 g/mol. The average molecular weight is 279 g/mol. The molecule has 0 bridgehead atoms. The Bertz CT molecular complexity index is 426. The molecule has 0 aliphatic rings. The van der Waals surface area contributed by atoms with Gasteiger partial charge in [-0.3, -0.25) is 4.79 Å². The second-order valence-corrected chi connectivity index (χ2v) is 6.22. The molecule has 0 spiro atoms. The maximum Gasteiger partial charge on any atom is 0.223 e. The summed E-state index contributed by atoms with van der Waals surface area (Å²) in [5, 5.41) is 4.12. The zero-order chi connectivity index (χ0) is 12.8. The van der Waals surface area contributed by atoms with Crippen molar-refractivity contribution < 1.29 is 4.79 Å². The molecule has 2 aromatic heterocycles. The van der Waals surface area contributed by atoms with E-state index < -0.39 is 0 Å². The molecule has 0 aliphatic carbocycles. The Kier molecular flexibility index (Phi) is 4.96. The minimum Gasteiger partial charge on any atom is -0.332 e. The summed E-state index contributed by atoms with van der Waals surface area (Å²) in [4.78, 5) is 16.6. The topological polar surface area (TPSA) is 20.3 Å². The fraction of sp³-hybridized carbons (Fsp3) is 0.357. The lowest BCUT2D eigenvalue weighted by Crippen LogP contribution is -2.29. The second kappa shape index (κ2) is 6.71. The highest BCUT2D eigenvalue weighted by atomic mass is 32.1. The summed E-state index contributed by atoms with van der Waals surface area (Å²) in [6.45, 7) is 3.51. The first-order chi connectivity index (χ1) is 8.79. The summed E-state index contributed by atoms with van der Waals surface area (Å²) in [5.41, 5.74) is 0. The minimum absolute atomic E-state index is 0.249. The number of thiophene rings is 2. The Labute approximate surface area is 116 Å². The van der Waals surface area contributed by atoms with Crippen LogP contribution in [0, 0.1) is 0 Å². The van der Waals surface area contributed by atoms with Gasteiger partial charge >= 0.3 is 0 Å². The first-order valence-corrected chi connectivity index (χ1v) is 7.88. The molecule has 0 aliphatic heterocycles. The van der Waals surface area contributed by atoms with Crippen LogP contribution in [-0.2, 0) is 17.9 Å². The molecule has 18 heavy (non-hydrogen) atoms. The molecule has 1 amide bonds. The van der Waals surface area contributed by atoms with Gasteiger partial charge in [-0.1, -0.05) is 19.1 Å². The number of nitrogens with zero attached hydrogens (tertiary/aromatic N) is 1. The van der Waals surface area contributed by atoms with Gasteiger partial charge in [0.15, 0.2) is 0 Å². The van der Waals surface area contributed by atoms with Crippen LogP contribution in [0.2, 0.25) is 0 Å². The zero-order valence-corrected chi connectivity index (χ0v) is 12.1. The molecule has 0 N–H and O–H groups in total. The lowest BCUT2D eigenvalue weighted by molar-refractivity contribution is -0.132. The molecule has 2 aromatic rings. The molecular formula is C14H17NOS2. The van der Waals surface area contributed by atoms with Crippen LogP contribution < -0.4 is 0 Å². The summed E-state index contributed by atoms with van der Waals surface area (Å²) in [6.07, 6.45) is 1.54. The van der Waals surface area contributed by atoms with Gasteiger partial charge < -0.3 is 4.90 Å². The molecule has 0 fully saturated rings. The van der Waals surface area contributed by atoms with Gasteiger partial charge in [0.05, 0.1) is 13.1 Å². The van der Waals surface area contributed by atoms with E-state index in [0.717, 1.165) is 19.5 Å². The van der Waals surface area contributed by atoms with Gasteiger partial charge in [-0.25, -0.2) is 0 Å². The van der Waals surface area contributed by atoms with E-state index in [1.54, 1.807) is 22.7 Å². The monoisotopic (exact) mass is 279 g/mol. The Morgan fingerprint density at radius 2 is 1.67 bits per heavy atom. The Hall–Kier alpha value is -1.13. The van der Waals surface area contributed by atoms with E-state index in [9.17, 15) is 4.79 Å². The predicted molar refractivity (Wildman–Crippen MR) is 77.8 cm³/mol. The van der Waals surface area contributed by atoms with Crippen LogP contribution in [0.4, 0.5) is 0 Å². The number of rotatable bonds is 6. The molecule has 4 heteroatoms. The minimum atomic E-state index is 0.249. The van der Waals surface area contributed by atoms with E-state index in [0.29, 0.717) is 6.42 Å². The summed E-state index contributed by atoms with van der Waals surface area (Å²) >= 11 is 3.42. The lowest BCUT2D eigenvalue weighted by Gasteiger charge is -2.21. The van der Waals surface area contributed by atoms with Crippen LogP contribution in [0.25, 0.3) is 0 Å². The first kappa shape index (κ1) is 13.3. The van der Waals surface area contributed by atoms with Crippen LogP contribution in [0.1, 0.15) is 29.5 Å². The highest BCUT2D eigenvalue weighted by molar-refractivity contribution is 7.10. The molecule has 2 nitrogen and oxygen atoms in total. The van der Waals surface area contributed by atoms with Crippen molar-refractivity contribution in [3.8, 4) is 0 Å². The lowest BCUT2D eigenvalue weighted by atomic mass is 10.2. The van der Waals surface area contributed by atoms with Crippen molar-refractivity contribution in [2.24, 2.45) is 0 Å². The van der Waals surface area contributed by atoms with Gasteiger partial charge in [0.25, 0.3) is 0 Å². The largest absolute Gasteiger partial charge is 0.332 e. The van der Waals surface area contributed by atoms with E-state index in [2.05, 4.69) is 22.9 Å². The Balaban J connectivity index is 2.04. The van der Waals surface area contributed by atoms with Crippen molar-refractivity contribution in [3.05, 3.63) is 44.8 Å². The number of hydrogen-bond acceptors (Lipinski definition) is 3. The predicted octanol–water partition coefficient (Wildman–Crippen LogP) is 4.14. The number of hydrogen-bond donors (Lipinski definition) is 0. The SMILES string of the molecule is CCCC(=O)N(Cc1cccs1)Cc1cccs1. The smallest absolute Gasteiger partial charge is 0.223 e. The highest BCUT2D eigenvalue weighted by Crippen LogP contribution is 2.18. The molecule has 0 radical (unpaired) electrons. The zero-order valence-electron chi connectivity index (χ0n) is 10.5. The van der Waals surface area contributed by atoms with Gasteiger partial charge in [-0.15, -0.1) is 22.7 Å². The van der Waals surface area contributed by atoms with Crippen LogP contribution in [-0.4, -0.2) is 10.8 Å². The third kappa shape index (κ3) is 3.68. The summed E-state index contributed by atoms with van der Waals surface area (Å²) in [7, 11) is 0. The maximum absolute atomic E-state index is 12.1. The third-order valence-corrected chi connectivity index (χ3v) is 4.39. The van der Waals surface area contributed by atoms with Crippen LogP contribution in [0.15, 0.2) is 35.0 Å². The maximum atomic E-state index is 12.1. The van der Waals surface area contributed by atoms with Crippen LogP contribution >= 0.6 is 22.7 Å². The summed E-state index contributed by atoms with van der Waals surface area (Å²) in [5.74, 6) is 0.249. The standard InChI is InChI=1S/C14H17NOS2/c1-2-5-14(16)15(10-12-6-3-8-17-12)11-13-7-4-9-18-13/h3-4,6-9H,2,5,10-11H2,1H3. The molecule has 0 saturated heterocycles. The van der Waals surface area contributed by atoms with E-state index in [1.165, 1.54) is 9.75 Å². The molecule has 0 saturated carbocycles. The van der Waals surface area contributed by atoms with Crippen molar-refractivity contribution in [1.29, 1.82) is 0 Å². The number of amides is 1. The molecule has 2 heterocycles. The number of carbonyl (C=O) groups is 1. The van der Waals surface area contributed by atoms with Crippen molar-refractivity contribution in [2.45, 2.75) is 32.9 Å². The van der Waals surface area contributed by atoms with Crippen LogP contribution in [0.5, 0.6) is 0 Å². The number of carbonyl (C=O) groups excluding carboxylic acids is 1. The Morgan fingerprint density at radius 3 is 2.06 bits per heavy atom.